The third-order valence-corrected chi connectivity index (χ3v) is 3.63. The minimum Gasteiger partial charge on any atom is -0.383 e. The lowest BCUT2D eigenvalue weighted by Gasteiger charge is -2.01. The Morgan fingerprint density at radius 3 is 2.88 bits per heavy atom. The van der Waals surface area contributed by atoms with Gasteiger partial charge < -0.3 is 11.1 Å². The summed E-state index contributed by atoms with van der Waals surface area (Å²) in [6.07, 6.45) is 2.45. The quantitative estimate of drug-likeness (QED) is 0.769. The number of nitrogen functional groups attached to an aromatic ring is 1. The molecule has 0 aliphatic rings. The van der Waals surface area contributed by atoms with Crippen LogP contribution < -0.4 is 11.1 Å². The molecule has 6 heteroatoms. The summed E-state index contributed by atoms with van der Waals surface area (Å²) in [6.45, 7) is 2.63. The standard InChI is InChI=1S/C11H14N4OS/c1-2-7-3-4-8(17-7)5-13-11(16)9-6-14-15-10(9)12/h3-4,6H,2,5H2,1H3,(H,13,16)(H3,12,14,15). The van der Waals surface area contributed by atoms with Gasteiger partial charge in [0.25, 0.3) is 5.91 Å². The van der Waals surface area contributed by atoms with E-state index in [0.29, 0.717) is 17.9 Å². The first-order chi connectivity index (χ1) is 8.20. The number of H-pyrrole nitrogens is 1. The van der Waals surface area contributed by atoms with Crippen LogP contribution in [0.2, 0.25) is 0 Å². The molecule has 0 aliphatic heterocycles. The van der Waals surface area contributed by atoms with Crippen molar-refractivity contribution in [2.45, 2.75) is 19.9 Å². The molecular formula is C11H14N4OS. The normalized spacial score (nSPS) is 10.4. The van der Waals surface area contributed by atoms with Gasteiger partial charge in [-0.05, 0) is 18.6 Å². The minimum atomic E-state index is -0.206. The molecule has 0 aromatic carbocycles. The maximum atomic E-state index is 11.7. The molecule has 2 heterocycles. The van der Waals surface area contributed by atoms with Crippen molar-refractivity contribution in [1.29, 1.82) is 0 Å². The number of hydrogen-bond acceptors (Lipinski definition) is 4. The Labute approximate surface area is 103 Å². The number of carbonyl (C=O) groups excluding carboxylic acids is 1. The van der Waals surface area contributed by atoms with Crippen molar-refractivity contribution in [3.63, 3.8) is 0 Å². The highest BCUT2D eigenvalue weighted by atomic mass is 32.1. The van der Waals surface area contributed by atoms with E-state index in [1.54, 1.807) is 11.3 Å². The number of carbonyl (C=O) groups is 1. The van der Waals surface area contributed by atoms with Crippen LogP contribution in [0.4, 0.5) is 5.82 Å². The summed E-state index contributed by atoms with van der Waals surface area (Å²) in [4.78, 5) is 14.2. The van der Waals surface area contributed by atoms with E-state index in [9.17, 15) is 4.79 Å². The van der Waals surface area contributed by atoms with Gasteiger partial charge in [-0.25, -0.2) is 0 Å². The van der Waals surface area contributed by atoms with Crippen molar-refractivity contribution in [2.24, 2.45) is 0 Å². The van der Waals surface area contributed by atoms with Crippen LogP contribution in [-0.4, -0.2) is 16.1 Å². The van der Waals surface area contributed by atoms with Gasteiger partial charge in [0.2, 0.25) is 0 Å². The van der Waals surface area contributed by atoms with Gasteiger partial charge in [0.15, 0.2) is 0 Å². The zero-order valence-electron chi connectivity index (χ0n) is 9.49. The molecule has 2 rings (SSSR count). The lowest BCUT2D eigenvalue weighted by atomic mass is 10.3. The number of nitrogens with one attached hydrogen (secondary N) is 2. The zero-order chi connectivity index (χ0) is 12.3. The second-order valence-corrected chi connectivity index (χ2v) is 4.85. The fourth-order valence-electron chi connectivity index (χ4n) is 1.45. The fourth-order valence-corrected chi connectivity index (χ4v) is 2.34. The largest absolute Gasteiger partial charge is 0.383 e. The number of amides is 1. The van der Waals surface area contributed by atoms with Crippen molar-refractivity contribution in [3.05, 3.63) is 33.6 Å². The van der Waals surface area contributed by atoms with Crippen LogP contribution >= 0.6 is 11.3 Å². The first-order valence-electron chi connectivity index (χ1n) is 5.35. The molecule has 17 heavy (non-hydrogen) atoms. The molecule has 0 radical (unpaired) electrons. The second kappa shape index (κ2) is 5.01. The highest BCUT2D eigenvalue weighted by molar-refractivity contribution is 7.11. The van der Waals surface area contributed by atoms with Crippen molar-refractivity contribution in [1.82, 2.24) is 15.5 Å². The molecule has 0 spiro atoms. The Kier molecular flexibility index (Phi) is 3.43. The average Bonchev–Trinajstić information content (AvgIpc) is 2.94. The van der Waals surface area contributed by atoms with Crippen molar-refractivity contribution in [2.75, 3.05) is 5.73 Å². The van der Waals surface area contributed by atoms with Crippen molar-refractivity contribution >= 4 is 23.1 Å². The van der Waals surface area contributed by atoms with Crippen LogP contribution in [0.5, 0.6) is 0 Å². The molecule has 5 nitrogen and oxygen atoms in total. The Hall–Kier alpha value is -1.82. The van der Waals surface area contributed by atoms with E-state index in [2.05, 4.69) is 28.5 Å². The molecule has 4 N–H and O–H groups in total. The van der Waals surface area contributed by atoms with E-state index in [-0.39, 0.29) is 5.91 Å². The number of thiophene rings is 1. The number of hydrogen-bond donors (Lipinski definition) is 3. The lowest BCUT2D eigenvalue weighted by molar-refractivity contribution is 0.0952. The Morgan fingerprint density at radius 2 is 2.29 bits per heavy atom. The summed E-state index contributed by atoms with van der Waals surface area (Å²) in [5.41, 5.74) is 5.95. The van der Waals surface area contributed by atoms with Gasteiger partial charge in [0.05, 0.1) is 12.7 Å². The van der Waals surface area contributed by atoms with Gasteiger partial charge in [-0.2, -0.15) is 5.10 Å². The number of nitrogens with two attached hydrogens (primary N) is 1. The molecule has 0 unspecified atom stereocenters. The van der Waals surface area contributed by atoms with Gasteiger partial charge in [-0.3, -0.25) is 9.89 Å². The maximum absolute atomic E-state index is 11.7. The van der Waals surface area contributed by atoms with E-state index in [1.165, 1.54) is 11.1 Å². The molecule has 0 saturated carbocycles. The summed E-state index contributed by atoms with van der Waals surface area (Å²) >= 11 is 1.71. The van der Waals surface area contributed by atoms with Crippen LogP contribution in [-0.2, 0) is 13.0 Å². The number of nitrogens with zero attached hydrogens (tertiary/aromatic N) is 1. The highest BCUT2D eigenvalue weighted by Crippen LogP contribution is 2.16. The van der Waals surface area contributed by atoms with Crippen LogP contribution in [0.3, 0.4) is 0 Å². The molecule has 0 saturated heterocycles. The molecule has 2 aromatic rings. The summed E-state index contributed by atoms with van der Waals surface area (Å²) in [6, 6.07) is 4.11. The number of rotatable bonds is 4. The van der Waals surface area contributed by atoms with Gasteiger partial charge in [0.1, 0.15) is 11.4 Å². The van der Waals surface area contributed by atoms with Gasteiger partial charge in [0, 0.05) is 9.75 Å². The van der Waals surface area contributed by atoms with Crippen LogP contribution in [0, 0.1) is 0 Å². The summed E-state index contributed by atoms with van der Waals surface area (Å²) in [5, 5.41) is 9.05. The van der Waals surface area contributed by atoms with E-state index in [4.69, 9.17) is 5.73 Å². The lowest BCUT2D eigenvalue weighted by Crippen LogP contribution is -2.22. The van der Waals surface area contributed by atoms with Crippen molar-refractivity contribution in [3.8, 4) is 0 Å². The van der Waals surface area contributed by atoms with E-state index < -0.39 is 0 Å². The Bertz CT molecular complexity index is 517. The predicted octanol–water partition coefficient (Wildman–Crippen LogP) is 1.55. The molecule has 2 aromatic heterocycles. The Balaban J connectivity index is 1.94. The average molecular weight is 250 g/mol. The van der Waals surface area contributed by atoms with Gasteiger partial charge >= 0.3 is 0 Å². The van der Waals surface area contributed by atoms with Gasteiger partial charge in [-0.15, -0.1) is 11.3 Å². The molecular weight excluding hydrogens is 236 g/mol. The third-order valence-electron chi connectivity index (χ3n) is 2.40. The molecule has 0 bridgehead atoms. The summed E-state index contributed by atoms with van der Waals surface area (Å²) in [7, 11) is 0. The monoisotopic (exact) mass is 250 g/mol. The van der Waals surface area contributed by atoms with E-state index >= 15 is 0 Å². The smallest absolute Gasteiger partial charge is 0.256 e. The van der Waals surface area contributed by atoms with E-state index in [1.807, 2.05) is 6.07 Å². The summed E-state index contributed by atoms with van der Waals surface area (Å²) in [5.74, 6) is 0.0885. The first kappa shape index (κ1) is 11.7. The molecule has 0 atom stereocenters. The third kappa shape index (κ3) is 2.65. The number of aromatic nitrogens is 2. The molecule has 0 fully saturated rings. The van der Waals surface area contributed by atoms with Crippen LogP contribution in [0.1, 0.15) is 27.0 Å². The van der Waals surface area contributed by atoms with Crippen molar-refractivity contribution < 1.29 is 4.79 Å². The van der Waals surface area contributed by atoms with Crippen LogP contribution in [0.15, 0.2) is 18.3 Å². The topological polar surface area (TPSA) is 83.8 Å². The van der Waals surface area contributed by atoms with Crippen LogP contribution in [0.25, 0.3) is 0 Å². The zero-order valence-corrected chi connectivity index (χ0v) is 10.3. The van der Waals surface area contributed by atoms with E-state index in [0.717, 1.165) is 11.3 Å². The maximum Gasteiger partial charge on any atom is 0.256 e. The molecule has 90 valence electrons. The molecule has 1 amide bonds. The molecule has 0 aliphatic carbocycles. The summed E-state index contributed by atoms with van der Waals surface area (Å²) < 4.78 is 0. The van der Waals surface area contributed by atoms with Gasteiger partial charge in [-0.1, -0.05) is 6.92 Å². The first-order valence-corrected chi connectivity index (χ1v) is 6.17. The number of anilines is 1. The second-order valence-electron chi connectivity index (χ2n) is 3.60. The SMILES string of the molecule is CCc1ccc(CNC(=O)c2cn[nH]c2N)s1. The number of aryl methyl sites for hydroxylation is 1. The predicted molar refractivity (Wildman–Crippen MR) is 67.9 cm³/mol. The minimum absolute atomic E-state index is 0.206. The Morgan fingerprint density at radius 1 is 1.53 bits per heavy atom. The number of aromatic amines is 1. The highest BCUT2D eigenvalue weighted by Gasteiger charge is 2.11. The fraction of sp³-hybridized carbons (Fsp3) is 0.273.